The van der Waals surface area contributed by atoms with E-state index >= 15 is 0 Å². The second-order valence-corrected chi connectivity index (χ2v) is 6.41. The van der Waals surface area contributed by atoms with Crippen LogP contribution in [0.4, 0.5) is 15.9 Å². The van der Waals surface area contributed by atoms with Crippen molar-refractivity contribution in [3.8, 4) is 22.8 Å². The summed E-state index contributed by atoms with van der Waals surface area (Å²) in [6.45, 7) is 2.04. The van der Waals surface area contributed by atoms with Gasteiger partial charge in [0.25, 0.3) is 0 Å². The highest BCUT2D eigenvalue weighted by atomic mass is 35.5. The number of hydrogen-bond acceptors (Lipinski definition) is 3. The van der Waals surface area contributed by atoms with E-state index in [2.05, 4.69) is 15.5 Å². The van der Waals surface area contributed by atoms with Gasteiger partial charge in [0.05, 0.1) is 24.9 Å². The minimum absolute atomic E-state index is 0.0700. The van der Waals surface area contributed by atoms with Crippen LogP contribution in [-0.4, -0.2) is 24.4 Å². The molecule has 1 aliphatic heterocycles. The molecule has 7 heteroatoms. The SMILES string of the molecule is COc1cc2c3[nH][nH]c(Nc4ccc(F)c(Cl)c4)c-3c(C)c2cc1OC. The largest absolute Gasteiger partial charge is 0.493 e. The topological polar surface area (TPSA) is 62.1 Å². The number of nitrogens with one attached hydrogen (secondary N) is 3. The third-order valence-corrected chi connectivity index (χ3v) is 4.86. The lowest BCUT2D eigenvalue weighted by atomic mass is 10.1. The number of anilines is 2. The Hall–Kier alpha value is -2.86. The van der Waals surface area contributed by atoms with Gasteiger partial charge in [-0.15, -0.1) is 0 Å². The molecule has 0 bridgehead atoms. The van der Waals surface area contributed by atoms with Crippen molar-refractivity contribution in [2.24, 2.45) is 0 Å². The van der Waals surface area contributed by atoms with Crippen LogP contribution >= 0.6 is 11.6 Å². The maximum absolute atomic E-state index is 13.4. The molecule has 26 heavy (non-hydrogen) atoms. The van der Waals surface area contributed by atoms with Gasteiger partial charge in [-0.3, -0.25) is 10.2 Å². The number of methoxy groups -OCH3 is 2. The highest BCUT2D eigenvalue weighted by molar-refractivity contribution is 6.31. The molecule has 0 spiro atoms. The van der Waals surface area contributed by atoms with Crippen molar-refractivity contribution in [1.82, 2.24) is 10.2 Å². The second-order valence-electron chi connectivity index (χ2n) is 6.01. The monoisotopic (exact) mass is 373 g/mol. The van der Waals surface area contributed by atoms with Gasteiger partial charge in [-0.05, 0) is 48.2 Å². The summed E-state index contributed by atoms with van der Waals surface area (Å²) in [5.74, 6) is 1.67. The third-order valence-electron chi connectivity index (χ3n) is 4.57. The Morgan fingerprint density at radius 2 is 1.69 bits per heavy atom. The molecule has 5 nitrogen and oxygen atoms in total. The predicted octanol–water partition coefficient (Wildman–Crippen LogP) is 5.46. The first kappa shape index (κ1) is 16.6. The van der Waals surface area contributed by atoms with Crippen LogP contribution in [0.15, 0.2) is 30.3 Å². The Labute approximate surface area is 154 Å². The van der Waals surface area contributed by atoms with Crippen molar-refractivity contribution in [2.75, 3.05) is 19.5 Å². The van der Waals surface area contributed by atoms with E-state index in [9.17, 15) is 4.39 Å². The summed E-state index contributed by atoms with van der Waals surface area (Å²) in [6.07, 6.45) is 0. The fourth-order valence-corrected chi connectivity index (χ4v) is 3.48. The molecule has 0 amide bonds. The van der Waals surface area contributed by atoms with Crippen LogP contribution in [0.3, 0.4) is 0 Å². The molecule has 2 aromatic rings. The highest BCUT2D eigenvalue weighted by Crippen LogP contribution is 2.45. The van der Waals surface area contributed by atoms with E-state index < -0.39 is 5.82 Å². The van der Waals surface area contributed by atoms with Crippen molar-refractivity contribution >= 4 is 33.9 Å². The third kappa shape index (κ3) is 2.45. The van der Waals surface area contributed by atoms with Crippen LogP contribution in [0.1, 0.15) is 5.56 Å². The van der Waals surface area contributed by atoms with Crippen molar-refractivity contribution in [1.29, 1.82) is 0 Å². The van der Waals surface area contributed by atoms with Crippen molar-refractivity contribution in [2.45, 2.75) is 6.92 Å². The van der Waals surface area contributed by atoms with E-state index in [1.54, 1.807) is 26.4 Å². The Morgan fingerprint density at radius 1 is 1.00 bits per heavy atom. The van der Waals surface area contributed by atoms with Crippen LogP contribution in [0.2, 0.25) is 5.02 Å². The number of aromatic nitrogens is 2. The zero-order valence-electron chi connectivity index (χ0n) is 14.5. The smallest absolute Gasteiger partial charge is 0.161 e. The highest BCUT2D eigenvalue weighted by Gasteiger charge is 2.23. The van der Waals surface area contributed by atoms with Gasteiger partial charge in [0, 0.05) is 16.6 Å². The van der Waals surface area contributed by atoms with Crippen LogP contribution < -0.4 is 14.8 Å². The van der Waals surface area contributed by atoms with E-state index in [0.717, 1.165) is 33.4 Å². The molecule has 0 atom stereocenters. The lowest BCUT2D eigenvalue weighted by Gasteiger charge is -2.08. The van der Waals surface area contributed by atoms with Crippen LogP contribution in [-0.2, 0) is 0 Å². The number of aromatic amines is 2. The summed E-state index contributed by atoms with van der Waals surface area (Å²) in [7, 11) is 3.23. The van der Waals surface area contributed by atoms with Crippen molar-refractivity contribution < 1.29 is 13.9 Å². The Kier molecular flexibility index (Phi) is 3.92. The van der Waals surface area contributed by atoms with Gasteiger partial charge in [0.15, 0.2) is 11.5 Å². The predicted molar refractivity (Wildman–Crippen MR) is 102 cm³/mol. The van der Waals surface area contributed by atoms with Gasteiger partial charge >= 0.3 is 0 Å². The summed E-state index contributed by atoms with van der Waals surface area (Å²) in [5, 5.41) is 11.7. The number of ether oxygens (including phenoxy) is 2. The molecule has 134 valence electrons. The quantitative estimate of drug-likeness (QED) is 0.445. The van der Waals surface area contributed by atoms with Gasteiger partial charge in [-0.2, -0.15) is 0 Å². The Bertz CT molecular complexity index is 1090. The normalized spacial score (nSPS) is 11.3. The molecule has 0 radical (unpaired) electrons. The van der Waals surface area contributed by atoms with Gasteiger partial charge in [-0.1, -0.05) is 11.6 Å². The molecule has 0 saturated carbocycles. The number of hydrogen-bond donors (Lipinski definition) is 3. The summed E-state index contributed by atoms with van der Waals surface area (Å²) >= 11 is 5.87. The Balaban J connectivity index is 1.84. The molecule has 0 unspecified atom stereocenters. The molecule has 0 aromatic heterocycles. The number of H-pyrrole nitrogens is 2. The molecule has 1 aliphatic carbocycles. The number of halogens is 2. The van der Waals surface area contributed by atoms with Gasteiger partial charge in [0.1, 0.15) is 11.6 Å². The first-order chi connectivity index (χ1) is 12.5. The molecule has 2 aromatic carbocycles. The molecule has 4 rings (SSSR count). The minimum atomic E-state index is -0.449. The Morgan fingerprint density at radius 3 is 2.35 bits per heavy atom. The zero-order valence-corrected chi connectivity index (χ0v) is 15.2. The number of fused-ring (bicyclic) bond motifs is 3. The first-order valence-corrected chi connectivity index (χ1v) is 8.37. The maximum atomic E-state index is 13.4. The molecule has 1 heterocycles. The van der Waals surface area contributed by atoms with Gasteiger partial charge in [0.2, 0.25) is 0 Å². The van der Waals surface area contributed by atoms with Crippen LogP contribution in [0.5, 0.6) is 11.5 Å². The van der Waals surface area contributed by atoms with Crippen molar-refractivity contribution in [3.63, 3.8) is 0 Å². The molecule has 0 fully saturated rings. The van der Waals surface area contributed by atoms with E-state index in [4.69, 9.17) is 21.1 Å². The summed E-state index contributed by atoms with van der Waals surface area (Å²) < 4.78 is 24.2. The summed E-state index contributed by atoms with van der Waals surface area (Å²) in [6, 6.07) is 8.44. The van der Waals surface area contributed by atoms with Crippen LogP contribution in [0, 0.1) is 12.7 Å². The fourth-order valence-electron chi connectivity index (χ4n) is 3.29. The molecule has 0 saturated heterocycles. The summed E-state index contributed by atoms with van der Waals surface area (Å²) in [5.41, 5.74) is 3.74. The average Bonchev–Trinajstić information content (AvgIpc) is 3.17. The van der Waals surface area contributed by atoms with E-state index in [-0.39, 0.29) is 5.02 Å². The van der Waals surface area contributed by atoms with E-state index in [1.165, 1.54) is 6.07 Å². The molecule has 2 aliphatic rings. The second kappa shape index (κ2) is 6.14. The molecule has 3 N–H and O–H groups in total. The molecular formula is C19H17ClFN3O2. The van der Waals surface area contributed by atoms with Gasteiger partial charge < -0.3 is 14.8 Å². The van der Waals surface area contributed by atoms with E-state index in [0.29, 0.717) is 17.2 Å². The number of rotatable bonds is 4. The average molecular weight is 374 g/mol. The summed E-state index contributed by atoms with van der Waals surface area (Å²) in [4.78, 5) is 0. The van der Waals surface area contributed by atoms with Crippen LogP contribution in [0.25, 0.3) is 22.0 Å². The van der Waals surface area contributed by atoms with Gasteiger partial charge in [-0.25, -0.2) is 4.39 Å². The fraction of sp³-hybridized carbons (Fsp3) is 0.158. The lowest BCUT2D eigenvalue weighted by molar-refractivity contribution is 0.356. The lowest BCUT2D eigenvalue weighted by Crippen LogP contribution is -1.93. The number of benzene rings is 2. The van der Waals surface area contributed by atoms with E-state index in [1.807, 2.05) is 19.1 Å². The number of aryl methyl sites for hydroxylation is 1. The van der Waals surface area contributed by atoms with Crippen molar-refractivity contribution in [3.05, 3.63) is 46.7 Å². The molecular weight excluding hydrogens is 357 g/mol. The standard InChI is InChI=1S/C19H17ClFN3O2/c1-9-11-7-15(25-2)16(26-3)8-12(11)18-17(9)19(24-23-18)22-10-4-5-14(21)13(20)6-10/h4-8,22-24H,1-3H3. The first-order valence-electron chi connectivity index (χ1n) is 8.00. The minimum Gasteiger partial charge on any atom is -0.493 e. The maximum Gasteiger partial charge on any atom is 0.161 e. The zero-order chi connectivity index (χ0) is 18.4.